The van der Waals surface area contributed by atoms with E-state index in [-0.39, 0.29) is 17.7 Å². The zero-order valence-corrected chi connectivity index (χ0v) is 26.7. The predicted molar refractivity (Wildman–Crippen MR) is 172 cm³/mol. The van der Waals surface area contributed by atoms with Gasteiger partial charge in [0.25, 0.3) is 5.91 Å². The molecule has 2 amide bonds. The van der Waals surface area contributed by atoms with Crippen LogP contribution < -0.4 is 9.64 Å². The maximum Gasteiger partial charge on any atom is 0.308 e. The molecule has 3 rings (SSSR count). The molecule has 232 valence electrons. The summed E-state index contributed by atoms with van der Waals surface area (Å²) < 4.78 is 7.02. The van der Waals surface area contributed by atoms with Crippen LogP contribution in [0.4, 0.5) is 5.69 Å². The van der Waals surface area contributed by atoms with Crippen molar-refractivity contribution >= 4 is 40.3 Å². The first-order valence-corrected chi connectivity index (χ1v) is 15.7. The molecule has 0 aliphatic carbocycles. The summed E-state index contributed by atoms with van der Waals surface area (Å²) in [5, 5.41) is 0.671. The molecule has 0 aliphatic rings. The summed E-state index contributed by atoms with van der Waals surface area (Å²) >= 11 is 0. The molecule has 1 heterocycles. The average Bonchev–Trinajstić information content (AvgIpc) is 3.26. The first-order valence-electron chi connectivity index (χ1n) is 15.7. The van der Waals surface area contributed by atoms with Crippen LogP contribution in [0.25, 0.3) is 10.9 Å². The summed E-state index contributed by atoms with van der Waals surface area (Å²) in [6, 6.07) is 12.9. The van der Waals surface area contributed by atoms with E-state index in [1.807, 2.05) is 49.9 Å². The van der Waals surface area contributed by atoms with E-state index in [1.54, 1.807) is 27.7 Å². The van der Waals surface area contributed by atoms with Gasteiger partial charge in [-0.1, -0.05) is 38.3 Å². The van der Waals surface area contributed by atoms with Crippen molar-refractivity contribution < 1.29 is 23.9 Å². The van der Waals surface area contributed by atoms with Gasteiger partial charge in [-0.25, -0.2) is 0 Å². The molecule has 0 atom stereocenters. The third-order valence-electron chi connectivity index (χ3n) is 7.92. The standard InChI is InChI=1S/C35H47N3O5/c1-7-10-15-28-17-19-29(20-18-28)35(42)38-25(4)34(31-24-30(43-27(6)40)21-22-32(31)38)37(26(5)39)23-14-12-11-13-16-33(41)36(8-2)9-3/h17-22,24H,7-16,23H2,1-6H3. The van der Waals surface area contributed by atoms with Crippen molar-refractivity contribution in [3.8, 4) is 5.75 Å². The Morgan fingerprint density at radius 2 is 1.51 bits per heavy atom. The largest absolute Gasteiger partial charge is 0.427 e. The molecule has 0 unspecified atom stereocenters. The number of carbonyl (C=O) groups excluding carboxylic acids is 4. The lowest BCUT2D eigenvalue weighted by Gasteiger charge is -2.22. The molecule has 8 nitrogen and oxygen atoms in total. The molecule has 43 heavy (non-hydrogen) atoms. The highest BCUT2D eigenvalue weighted by molar-refractivity contribution is 6.11. The highest BCUT2D eigenvalue weighted by atomic mass is 16.5. The minimum Gasteiger partial charge on any atom is -0.427 e. The monoisotopic (exact) mass is 589 g/mol. The summed E-state index contributed by atoms with van der Waals surface area (Å²) in [4.78, 5) is 54.5. The number of carbonyl (C=O) groups is 4. The number of fused-ring (bicyclic) bond motifs is 1. The van der Waals surface area contributed by atoms with Gasteiger partial charge >= 0.3 is 5.97 Å². The highest BCUT2D eigenvalue weighted by Gasteiger charge is 2.26. The molecule has 3 aromatic rings. The number of aromatic nitrogens is 1. The van der Waals surface area contributed by atoms with Gasteiger partial charge in [0, 0.05) is 56.5 Å². The van der Waals surface area contributed by atoms with Gasteiger partial charge in [0.15, 0.2) is 0 Å². The predicted octanol–water partition coefficient (Wildman–Crippen LogP) is 7.08. The number of unbranched alkanes of at least 4 members (excludes halogenated alkanes) is 4. The van der Waals surface area contributed by atoms with Crippen LogP contribution in [0.1, 0.15) is 101 Å². The van der Waals surface area contributed by atoms with Gasteiger partial charge in [0.05, 0.1) is 11.2 Å². The molecule has 0 fully saturated rings. The van der Waals surface area contributed by atoms with Crippen molar-refractivity contribution in [2.24, 2.45) is 0 Å². The van der Waals surface area contributed by atoms with E-state index in [4.69, 9.17) is 4.74 Å². The van der Waals surface area contributed by atoms with E-state index in [9.17, 15) is 19.2 Å². The lowest BCUT2D eigenvalue weighted by atomic mass is 10.1. The Balaban J connectivity index is 1.89. The van der Waals surface area contributed by atoms with Gasteiger partial charge in [-0.3, -0.25) is 23.7 Å². The second-order valence-corrected chi connectivity index (χ2v) is 11.0. The SMILES string of the molecule is CCCCc1ccc(C(=O)n2c(C)c(N(CCCCCCC(=O)N(CC)CC)C(C)=O)c3cc(OC(C)=O)ccc32)cc1. The van der Waals surface area contributed by atoms with Crippen molar-refractivity contribution in [3.05, 3.63) is 59.3 Å². The van der Waals surface area contributed by atoms with Crippen LogP contribution in [-0.4, -0.2) is 52.8 Å². The minimum atomic E-state index is -0.445. The van der Waals surface area contributed by atoms with Crippen molar-refractivity contribution in [2.75, 3.05) is 24.5 Å². The number of anilines is 1. The van der Waals surface area contributed by atoms with Gasteiger partial charge < -0.3 is 14.5 Å². The topological polar surface area (TPSA) is 88.9 Å². The van der Waals surface area contributed by atoms with Gasteiger partial charge in [-0.2, -0.15) is 0 Å². The Hall–Kier alpha value is -3.94. The van der Waals surface area contributed by atoms with Crippen LogP contribution in [0.5, 0.6) is 5.75 Å². The maximum absolute atomic E-state index is 13.9. The molecule has 0 saturated carbocycles. The lowest BCUT2D eigenvalue weighted by Crippen LogP contribution is -2.30. The summed E-state index contributed by atoms with van der Waals surface area (Å²) in [5.74, 6) is -0.226. The first-order chi connectivity index (χ1) is 20.6. The van der Waals surface area contributed by atoms with Crippen LogP contribution in [0.15, 0.2) is 42.5 Å². The molecular weight excluding hydrogens is 542 g/mol. The fourth-order valence-electron chi connectivity index (χ4n) is 5.60. The zero-order valence-electron chi connectivity index (χ0n) is 26.7. The number of esters is 1. The number of hydrogen-bond donors (Lipinski definition) is 0. The first kappa shape index (κ1) is 33.6. The molecule has 0 N–H and O–H groups in total. The highest BCUT2D eigenvalue weighted by Crippen LogP contribution is 2.37. The maximum atomic E-state index is 13.9. The van der Waals surface area contributed by atoms with Crippen LogP contribution in [0.3, 0.4) is 0 Å². The van der Waals surface area contributed by atoms with Gasteiger partial charge in [-0.15, -0.1) is 0 Å². The van der Waals surface area contributed by atoms with E-state index in [2.05, 4.69) is 6.92 Å². The Kier molecular flexibility index (Phi) is 12.5. The number of aryl methyl sites for hydroxylation is 1. The summed E-state index contributed by atoms with van der Waals surface area (Å²) in [6.45, 7) is 12.8. The molecule has 0 radical (unpaired) electrons. The lowest BCUT2D eigenvalue weighted by molar-refractivity contribution is -0.132. The number of nitrogens with zero attached hydrogens (tertiary/aromatic N) is 3. The third-order valence-corrected chi connectivity index (χ3v) is 7.92. The van der Waals surface area contributed by atoms with Crippen LogP contribution in [-0.2, 0) is 20.8 Å². The Labute approximate surface area is 256 Å². The average molecular weight is 590 g/mol. The normalized spacial score (nSPS) is 11.0. The van der Waals surface area contributed by atoms with Gasteiger partial charge in [-0.05, 0) is 82.3 Å². The van der Waals surface area contributed by atoms with E-state index in [0.717, 1.165) is 58.0 Å². The number of hydrogen-bond acceptors (Lipinski definition) is 5. The van der Waals surface area contributed by atoms with E-state index in [0.29, 0.717) is 46.6 Å². The van der Waals surface area contributed by atoms with Gasteiger partial charge in [0.1, 0.15) is 5.75 Å². The van der Waals surface area contributed by atoms with Crippen molar-refractivity contribution in [3.63, 3.8) is 0 Å². The number of amides is 2. The number of benzene rings is 2. The second-order valence-electron chi connectivity index (χ2n) is 11.0. The van der Waals surface area contributed by atoms with E-state index < -0.39 is 5.97 Å². The van der Waals surface area contributed by atoms with Crippen LogP contribution >= 0.6 is 0 Å². The van der Waals surface area contributed by atoms with E-state index >= 15 is 0 Å². The number of ether oxygens (including phenoxy) is 1. The van der Waals surface area contributed by atoms with Gasteiger partial charge in [0.2, 0.25) is 11.8 Å². The molecule has 8 heteroatoms. The Morgan fingerprint density at radius 3 is 2.12 bits per heavy atom. The smallest absolute Gasteiger partial charge is 0.308 e. The van der Waals surface area contributed by atoms with Crippen LogP contribution in [0, 0.1) is 6.92 Å². The molecule has 0 saturated heterocycles. The molecule has 0 spiro atoms. The summed E-state index contributed by atoms with van der Waals surface area (Å²) in [7, 11) is 0. The molecule has 0 aliphatic heterocycles. The fraction of sp³-hybridized carbons (Fsp3) is 0.486. The fourth-order valence-corrected chi connectivity index (χ4v) is 5.60. The molecular formula is C35H47N3O5. The quantitative estimate of drug-likeness (QED) is 0.107. The molecule has 1 aromatic heterocycles. The van der Waals surface area contributed by atoms with Crippen LogP contribution in [0.2, 0.25) is 0 Å². The Morgan fingerprint density at radius 1 is 0.837 bits per heavy atom. The van der Waals surface area contributed by atoms with E-state index in [1.165, 1.54) is 19.4 Å². The zero-order chi connectivity index (χ0) is 31.5. The summed E-state index contributed by atoms with van der Waals surface area (Å²) in [6.07, 6.45) is 7.03. The summed E-state index contributed by atoms with van der Waals surface area (Å²) in [5.41, 5.74) is 3.68. The molecule has 2 aromatic carbocycles. The minimum absolute atomic E-state index is 0.135. The Bertz CT molecular complexity index is 1420. The third kappa shape index (κ3) is 8.55. The van der Waals surface area contributed by atoms with Crippen molar-refractivity contribution in [2.45, 2.75) is 92.9 Å². The van der Waals surface area contributed by atoms with Crippen molar-refractivity contribution in [1.29, 1.82) is 0 Å². The second kappa shape index (κ2) is 16.1. The van der Waals surface area contributed by atoms with Crippen molar-refractivity contribution in [1.82, 2.24) is 9.47 Å². The number of rotatable bonds is 15. The molecule has 0 bridgehead atoms.